The Morgan fingerprint density at radius 1 is 1.54 bits per heavy atom. The van der Waals surface area contributed by atoms with Gasteiger partial charge in [-0.2, -0.15) is 0 Å². The van der Waals surface area contributed by atoms with Gasteiger partial charge in [0.25, 0.3) is 0 Å². The first-order valence-corrected chi connectivity index (χ1v) is 7.13. The summed E-state index contributed by atoms with van der Waals surface area (Å²) in [6, 6.07) is -0.215. The van der Waals surface area contributed by atoms with Crippen molar-refractivity contribution in [2.24, 2.45) is 5.73 Å². The molecule has 0 saturated carbocycles. The topological polar surface area (TPSA) is 150 Å². The Labute approximate surface area is 153 Å². The fourth-order valence-electron chi connectivity index (χ4n) is 2.28. The normalized spacial score (nSPS) is 17.1. The first-order chi connectivity index (χ1) is 10.8. The monoisotopic (exact) mass is 506 g/mol. The van der Waals surface area contributed by atoms with Crippen molar-refractivity contribution in [2.75, 3.05) is 13.2 Å². The minimum Gasteiger partial charge on any atom is -0.478 e. The molecule has 0 aromatic carbocycles. The van der Waals surface area contributed by atoms with Crippen molar-refractivity contribution >= 4 is 17.7 Å². The van der Waals surface area contributed by atoms with Gasteiger partial charge in [-0.1, -0.05) is 0 Å². The van der Waals surface area contributed by atoms with Crippen LogP contribution in [0, 0.1) is 19.3 Å². The van der Waals surface area contributed by atoms with Gasteiger partial charge in [-0.05, 0) is 26.0 Å². The molecule has 1 aromatic heterocycles. The molecular weight excluding hydrogens is 486 g/mol. The number of amides is 1. The van der Waals surface area contributed by atoms with E-state index < -0.39 is 5.56 Å². The molecule has 5 N–H and O–H groups in total. The van der Waals surface area contributed by atoms with Crippen molar-refractivity contribution in [2.45, 2.75) is 32.9 Å². The van der Waals surface area contributed by atoms with Gasteiger partial charge in [-0.25, -0.2) is 5.06 Å². The van der Waals surface area contributed by atoms with E-state index in [1.54, 1.807) is 13.8 Å². The van der Waals surface area contributed by atoms with Crippen molar-refractivity contribution in [3.8, 4) is 0 Å². The summed E-state index contributed by atoms with van der Waals surface area (Å²) >= 11 is 0. The second kappa shape index (κ2) is 8.25. The van der Waals surface area contributed by atoms with Gasteiger partial charge in [0.2, 0.25) is 17.4 Å². The number of hydroxylamine groups is 2. The fraction of sp³-hybridized carbons (Fsp3) is 0.538. The molecule has 1 saturated heterocycles. The molecule has 2 heterocycles. The van der Waals surface area contributed by atoms with E-state index >= 15 is 0 Å². The van der Waals surface area contributed by atoms with Crippen molar-refractivity contribution in [3.63, 3.8) is 0 Å². The van der Waals surface area contributed by atoms with Crippen LogP contribution in [0.3, 0.4) is 0 Å². The number of carbonyl (C=O) groups excluding carboxylic acids is 1. The molecule has 1 atom stereocenters. The summed E-state index contributed by atoms with van der Waals surface area (Å²) in [7, 11) is 0. The Morgan fingerprint density at radius 2 is 2.21 bits per heavy atom. The maximum absolute atomic E-state index is 12.1. The summed E-state index contributed by atoms with van der Waals surface area (Å²) in [6.45, 7) is 3.81. The smallest absolute Gasteiger partial charge is 0.249 e. The van der Waals surface area contributed by atoms with Crippen LogP contribution in [0.25, 0.3) is 5.73 Å². The minimum absolute atomic E-state index is 0. The van der Waals surface area contributed by atoms with Crippen LogP contribution in [0.1, 0.15) is 17.8 Å². The zero-order valence-electron chi connectivity index (χ0n) is 13.5. The number of aromatic nitrogens is 2. The van der Waals surface area contributed by atoms with Crippen molar-refractivity contribution < 1.29 is 30.7 Å². The molecule has 0 radical (unpaired) electrons. The molecule has 0 aliphatic carbocycles. The van der Waals surface area contributed by atoms with Gasteiger partial charge in [0.15, 0.2) is 0 Å². The number of hydrogen-bond acceptors (Lipinski definition) is 5. The largest absolute Gasteiger partial charge is 0.478 e. The number of carbonyl (C=O) groups is 1. The van der Waals surface area contributed by atoms with Gasteiger partial charge in [0, 0.05) is 32.6 Å². The molecule has 1 amide bonds. The van der Waals surface area contributed by atoms with Crippen molar-refractivity contribution in [3.05, 3.63) is 27.5 Å². The fourth-order valence-corrected chi connectivity index (χ4v) is 2.28. The molecule has 11 heteroatoms. The molecule has 1 unspecified atom stereocenters. The third-order valence-electron chi connectivity index (χ3n) is 3.70. The van der Waals surface area contributed by atoms with Gasteiger partial charge in [0.05, 0.1) is 19.2 Å². The summed E-state index contributed by atoms with van der Waals surface area (Å²) < 4.78 is 1.24. The third kappa shape index (κ3) is 4.54. The molecule has 132 valence electrons. The molecule has 1 aromatic rings. The first kappa shape index (κ1) is 20.1. The van der Waals surface area contributed by atoms with E-state index in [-0.39, 0.29) is 57.9 Å². The number of nitrogens with one attached hydrogen (secondary N) is 3. The van der Waals surface area contributed by atoms with Crippen molar-refractivity contribution in [1.82, 2.24) is 19.9 Å². The zero-order valence-corrected chi connectivity index (χ0v) is 16.4. The van der Waals surface area contributed by atoms with Crippen LogP contribution in [0.4, 0.5) is 5.82 Å². The SMILES string of the molecule is Cc1nc([NH-])c(=O)n(CC(=O)NC2CCN(C(=N)N)OC2)c1C.[W]. The maximum atomic E-state index is 12.1. The van der Waals surface area contributed by atoms with Crippen LogP contribution in [0.2, 0.25) is 0 Å². The summed E-state index contributed by atoms with van der Waals surface area (Å²) in [5.74, 6) is -0.892. The average Bonchev–Trinajstić information content (AvgIpc) is 2.50. The summed E-state index contributed by atoms with van der Waals surface area (Å²) in [5.41, 5.74) is 13.3. The van der Waals surface area contributed by atoms with Crippen molar-refractivity contribution in [1.29, 1.82) is 5.41 Å². The second-order valence-corrected chi connectivity index (χ2v) is 5.36. The second-order valence-electron chi connectivity index (χ2n) is 5.36. The molecular formula is C13H20N7O3W-. The molecule has 1 aliphatic heterocycles. The molecule has 0 spiro atoms. The Morgan fingerprint density at radius 3 is 2.75 bits per heavy atom. The van der Waals surface area contributed by atoms with E-state index in [0.29, 0.717) is 24.4 Å². The Bertz CT molecular complexity index is 683. The van der Waals surface area contributed by atoms with Gasteiger partial charge in [-0.15, -0.1) is 0 Å². The number of aryl methyl sites for hydroxylation is 1. The predicted molar refractivity (Wildman–Crippen MR) is 83.1 cm³/mol. The zero-order chi connectivity index (χ0) is 17.1. The van der Waals surface area contributed by atoms with Crippen LogP contribution in [-0.4, -0.2) is 45.7 Å². The van der Waals surface area contributed by atoms with E-state index in [1.165, 1.54) is 9.63 Å². The van der Waals surface area contributed by atoms with Crippen LogP contribution >= 0.6 is 0 Å². The quantitative estimate of drug-likeness (QED) is 0.374. The standard InChI is InChI=1S/C13H21N7O3.W/c1-7-8(2)19(12(22)11(14)17-7)5-10(21)18-9-3-4-20(13(15)16)23-6-9;/h9H,3-6H2,1-2H3,(H6,14,15,16,17,18,21);/p-1. The Balaban J connectivity index is 0.00000288. The summed E-state index contributed by atoms with van der Waals surface area (Å²) in [5, 5.41) is 11.3. The molecule has 1 aliphatic rings. The molecule has 2 rings (SSSR count). The van der Waals surface area contributed by atoms with Crippen LogP contribution in [-0.2, 0) is 37.2 Å². The van der Waals surface area contributed by atoms with Crippen LogP contribution in [0.5, 0.6) is 0 Å². The molecule has 0 bridgehead atoms. The Kier molecular flexibility index (Phi) is 6.91. The van der Waals surface area contributed by atoms with E-state index in [4.69, 9.17) is 21.7 Å². The average molecular weight is 506 g/mol. The number of rotatable bonds is 3. The molecule has 10 nitrogen and oxygen atoms in total. The number of nitrogens with two attached hydrogens (primary N) is 1. The number of guanidine groups is 1. The predicted octanol–water partition coefficient (Wildman–Crippen LogP) is -0.443. The first-order valence-electron chi connectivity index (χ1n) is 7.13. The van der Waals surface area contributed by atoms with E-state index in [1.807, 2.05) is 0 Å². The summed E-state index contributed by atoms with van der Waals surface area (Å²) in [6.07, 6.45) is 0.582. The van der Waals surface area contributed by atoms with Crippen LogP contribution in [0.15, 0.2) is 4.79 Å². The van der Waals surface area contributed by atoms with E-state index in [2.05, 4.69) is 10.3 Å². The van der Waals surface area contributed by atoms with Gasteiger partial charge in [0.1, 0.15) is 6.54 Å². The van der Waals surface area contributed by atoms with Gasteiger partial charge >= 0.3 is 0 Å². The maximum Gasteiger partial charge on any atom is 0.249 e. The summed E-state index contributed by atoms with van der Waals surface area (Å²) in [4.78, 5) is 33.2. The number of hydrogen-bond donors (Lipinski definition) is 3. The van der Waals surface area contributed by atoms with Crippen LogP contribution < -0.4 is 16.6 Å². The van der Waals surface area contributed by atoms with Gasteiger partial charge < -0.3 is 26.3 Å². The van der Waals surface area contributed by atoms with E-state index in [9.17, 15) is 9.59 Å². The van der Waals surface area contributed by atoms with E-state index in [0.717, 1.165) is 0 Å². The molecule has 24 heavy (non-hydrogen) atoms. The molecule has 1 fully saturated rings. The Hall–Kier alpha value is -1.93. The minimum atomic E-state index is -0.592. The third-order valence-corrected chi connectivity index (χ3v) is 3.70. The number of nitrogens with zero attached hydrogens (tertiary/aromatic N) is 3. The van der Waals surface area contributed by atoms with Gasteiger partial charge in [-0.3, -0.25) is 19.8 Å².